The van der Waals surface area contributed by atoms with Gasteiger partial charge in [0.25, 0.3) is 0 Å². The Morgan fingerprint density at radius 3 is 2.72 bits per heavy atom. The van der Waals surface area contributed by atoms with E-state index in [1.54, 1.807) is 11.3 Å². The SMILES string of the molecule is Cc1nc(CCCC(=O)O)c(-c2ccccc2)s1. The van der Waals surface area contributed by atoms with Crippen molar-refractivity contribution < 1.29 is 9.90 Å². The molecule has 0 radical (unpaired) electrons. The molecule has 0 bridgehead atoms. The fraction of sp³-hybridized carbons (Fsp3) is 0.286. The second-order valence-corrected chi connectivity index (χ2v) is 5.33. The topological polar surface area (TPSA) is 50.2 Å². The molecule has 1 aromatic carbocycles. The van der Waals surface area contributed by atoms with Gasteiger partial charge in [-0.15, -0.1) is 11.3 Å². The zero-order valence-corrected chi connectivity index (χ0v) is 11.0. The molecule has 2 aromatic rings. The Hall–Kier alpha value is -1.68. The van der Waals surface area contributed by atoms with Crippen molar-refractivity contribution in [2.75, 3.05) is 0 Å². The molecule has 0 fully saturated rings. The number of carboxylic acids is 1. The molecule has 0 unspecified atom stereocenters. The summed E-state index contributed by atoms with van der Waals surface area (Å²) in [6.45, 7) is 1.98. The third-order valence-corrected chi connectivity index (χ3v) is 3.71. The van der Waals surface area contributed by atoms with E-state index in [4.69, 9.17) is 5.11 Å². The molecule has 0 aliphatic carbocycles. The average Bonchev–Trinajstić information content (AvgIpc) is 2.71. The van der Waals surface area contributed by atoms with Crippen LogP contribution in [0.3, 0.4) is 0 Å². The molecule has 0 amide bonds. The van der Waals surface area contributed by atoms with Crippen LogP contribution in [0.25, 0.3) is 10.4 Å². The summed E-state index contributed by atoms with van der Waals surface area (Å²) in [5, 5.41) is 9.69. The van der Waals surface area contributed by atoms with Crippen LogP contribution < -0.4 is 0 Å². The van der Waals surface area contributed by atoms with Gasteiger partial charge in [0, 0.05) is 6.42 Å². The highest BCUT2D eigenvalue weighted by Crippen LogP contribution is 2.30. The van der Waals surface area contributed by atoms with Crippen LogP contribution in [0.2, 0.25) is 0 Å². The number of nitrogens with zero attached hydrogens (tertiary/aromatic N) is 1. The molecular formula is C14H15NO2S. The molecule has 1 heterocycles. The van der Waals surface area contributed by atoms with E-state index in [0.29, 0.717) is 6.42 Å². The molecule has 0 saturated carbocycles. The van der Waals surface area contributed by atoms with Crippen molar-refractivity contribution in [3.8, 4) is 10.4 Å². The first-order valence-corrected chi connectivity index (χ1v) is 6.72. The lowest BCUT2D eigenvalue weighted by atomic mass is 10.1. The first-order chi connectivity index (χ1) is 8.66. The number of hydrogen-bond acceptors (Lipinski definition) is 3. The molecule has 1 aromatic heterocycles. The van der Waals surface area contributed by atoms with Gasteiger partial charge in [0.1, 0.15) is 0 Å². The number of carbonyl (C=O) groups is 1. The second kappa shape index (κ2) is 5.78. The maximum Gasteiger partial charge on any atom is 0.303 e. The maximum atomic E-state index is 10.5. The molecule has 4 heteroatoms. The van der Waals surface area contributed by atoms with Crippen LogP contribution in [0.1, 0.15) is 23.5 Å². The number of thiazole rings is 1. The lowest BCUT2D eigenvalue weighted by molar-refractivity contribution is -0.137. The highest BCUT2D eigenvalue weighted by Gasteiger charge is 2.11. The summed E-state index contributed by atoms with van der Waals surface area (Å²) in [4.78, 5) is 16.2. The molecular weight excluding hydrogens is 246 g/mol. The minimum absolute atomic E-state index is 0.199. The van der Waals surface area contributed by atoms with Gasteiger partial charge in [0.15, 0.2) is 0 Å². The van der Waals surface area contributed by atoms with Crippen LogP contribution in [0, 0.1) is 6.92 Å². The van der Waals surface area contributed by atoms with Crippen LogP contribution in [0.4, 0.5) is 0 Å². The first-order valence-electron chi connectivity index (χ1n) is 5.90. The van der Waals surface area contributed by atoms with E-state index in [-0.39, 0.29) is 6.42 Å². The molecule has 1 N–H and O–H groups in total. The summed E-state index contributed by atoms with van der Waals surface area (Å²) in [5.41, 5.74) is 2.18. The Morgan fingerprint density at radius 1 is 1.33 bits per heavy atom. The van der Waals surface area contributed by atoms with Gasteiger partial charge in [0.05, 0.1) is 15.6 Å². The molecule has 18 heavy (non-hydrogen) atoms. The Kier molecular flexibility index (Phi) is 4.10. The third-order valence-electron chi connectivity index (χ3n) is 2.64. The number of rotatable bonds is 5. The van der Waals surface area contributed by atoms with Gasteiger partial charge in [-0.3, -0.25) is 4.79 Å². The van der Waals surface area contributed by atoms with E-state index in [1.807, 2.05) is 25.1 Å². The smallest absolute Gasteiger partial charge is 0.303 e. The molecule has 0 atom stereocenters. The van der Waals surface area contributed by atoms with Gasteiger partial charge in [-0.2, -0.15) is 0 Å². The van der Waals surface area contributed by atoms with Gasteiger partial charge in [-0.05, 0) is 25.3 Å². The minimum atomic E-state index is -0.747. The Bertz CT molecular complexity index is 534. The summed E-state index contributed by atoms with van der Waals surface area (Å²) >= 11 is 1.67. The normalized spacial score (nSPS) is 10.5. The van der Waals surface area contributed by atoms with Crippen LogP contribution in [-0.2, 0) is 11.2 Å². The summed E-state index contributed by atoms with van der Waals surface area (Å²) in [7, 11) is 0. The van der Waals surface area contributed by atoms with Gasteiger partial charge in [-0.1, -0.05) is 30.3 Å². The zero-order chi connectivity index (χ0) is 13.0. The monoisotopic (exact) mass is 261 g/mol. The lowest BCUT2D eigenvalue weighted by Gasteiger charge is -2.01. The summed E-state index contributed by atoms with van der Waals surface area (Å²) < 4.78 is 0. The van der Waals surface area contributed by atoms with Gasteiger partial charge in [0.2, 0.25) is 0 Å². The van der Waals surface area contributed by atoms with E-state index in [0.717, 1.165) is 22.7 Å². The Balaban J connectivity index is 2.18. The quantitative estimate of drug-likeness (QED) is 0.895. The molecule has 0 aliphatic heterocycles. The number of benzene rings is 1. The van der Waals surface area contributed by atoms with Gasteiger partial charge < -0.3 is 5.11 Å². The second-order valence-electron chi connectivity index (χ2n) is 4.12. The predicted molar refractivity (Wildman–Crippen MR) is 72.9 cm³/mol. The molecule has 0 aliphatic rings. The summed E-state index contributed by atoms with van der Waals surface area (Å²) in [6.07, 6.45) is 1.56. The van der Waals surface area contributed by atoms with Crippen LogP contribution >= 0.6 is 11.3 Å². The van der Waals surface area contributed by atoms with Crippen molar-refractivity contribution in [2.24, 2.45) is 0 Å². The highest BCUT2D eigenvalue weighted by atomic mass is 32.1. The van der Waals surface area contributed by atoms with Crippen LogP contribution in [-0.4, -0.2) is 16.1 Å². The van der Waals surface area contributed by atoms with Crippen molar-refractivity contribution in [3.63, 3.8) is 0 Å². The third kappa shape index (κ3) is 3.17. The maximum absolute atomic E-state index is 10.5. The fourth-order valence-corrected chi connectivity index (χ4v) is 2.83. The highest BCUT2D eigenvalue weighted by molar-refractivity contribution is 7.15. The van der Waals surface area contributed by atoms with E-state index in [2.05, 4.69) is 17.1 Å². The van der Waals surface area contributed by atoms with Gasteiger partial charge >= 0.3 is 5.97 Å². The predicted octanol–water partition coefficient (Wildman–Crippen LogP) is 3.53. The fourth-order valence-electron chi connectivity index (χ4n) is 1.86. The molecule has 3 nitrogen and oxygen atoms in total. The summed E-state index contributed by atoms with van der Waals surface area (Å²) in [5.74, 6) is -0.747. The first kappa shape index (κ1) is 12.8. The molecule has 0 spiro atoms. The van der Waals surface area contributed by atoms with E-state index in [1.165, 1.54) is 4.88 Å². The van der Waals surface area contributed by atoms with Crippen molar-refractivity contribution in [1.29, 1.82) is 0 Å². The lowest BCUT2D eigenvalue weighted by Crippen LogP contribution is -1.97. The minimum Gasteiger partial charge on any atom is -0.481 e. The van der Waals surface area contributed by atoms with E-state index >= 15 is 0 Å². The van der Waals surface area contributed by atoms with Crippen molar-refractivity contribution in [3.05, 3.63) is 41.0 Å². The molecule has 2 rings (SSSR count). The number of aromatic nitrogens is 1. The summed E-state index contributed by atoms with van der Waals surface area (Å²) in [6, 6.07) is 10.1. The Morgan fingerprint density at radius 2 is 2.06 bits per heavy atom. The van der Waals surface area contributed by atoms with E-state index < -0.39 is 5.97 Å². The number of aliphatic carboxylic acids is 1. The standard InChI is InChI=1S/C14H15NO2S/c1-10-15-12(8-5-9-13(16)17)14(18-10)11-6-3-2-4-7-11/h2-4,6-7H,5,8-9H2,1H3,(H,16,17). The van der Waals surface area contributed by atoms with Crippen LogP contribution in [0.15, 0.2) is 30.3 Å². The largest absolute Gasteiger partial charge is 0.481 e. The van der Waals surface area contributed by atoms with Gasteiger partial charge in [-0.25, -0.2) is 4.98 Å². The van der Waals surface area contributed by atoms with Crippen LogP contribution in [0.5, 0.6) is 0 Å². The average molecular weight is 261 g/mol. The molecule has 94 valence electrons. The zero-order valence-electron chi connectivity index (χ0n) is 10.2. The number of carboxylic acid groups (broad SMARTS) is 1. The Labute approximate surface area is 110 Å². The van der Waals surface area contributed by atoms with E-state index in [9.17, 15) is 4.79 Å². The number of hydrogen-bond donors (Lipinski definition) is 1. The van der Waals surface area contributed by atoms with Crippen molar-refractivity contribution in [2.45, 2.75) is 26.2 Å². The van der Waals surface area contributed by atoms with Crippen molar-refractivity contribution >= 4 is 17.3 Å². The van der Waals surface area contributed by atoms with Crippen molar-refractivity contribution in [1.82, 2.24) is 4.98 Å². The molecule has 0 saturated heterocycles. The number of aryl methyl sites for hydroxylation is 2.